The highest BCUT2D eigenvalue weighted by Gasteiger charge is 2.32. The van der Waals surface area contributed by atoms with Gasteiger partial charge in [0.1, 0.15) is 4.90 Å². The SMILES string of the molecule is CC(NS(=O)(=O)c1cc(Cl)cc(CN)c1Cl)C1CC1. The lowest BCUT2D eigenvalue weighted by atomic mass is 10.2. The van der Waals surface area contributed by atoms with Crippen LogP contribution in [0.4, 0.5) is 0 Å². The highest BCUT2D eigenvalue weighted by Crippen LogP contribution is 2.34. The molecule has 2 rings (SSSR count). The highest BCUT2D eigenvalue weighted by atomic mass is 35.5. The maximum atomic E-state index is 12.3. The van der Waals surface area contributed by atoms with Crippen LogP contribution < -0.4 is 10.5 Å². The van der Waals surface area contributed by atoms with Gasteiger partial charge in [-0.3, -0.25) is 0 Å². The van der Waals surface area contributed by atoms with Gasteiger partial charge in [-0.1, -0.05) is 23.2 Å². The van der Waals surface area contributed by atoms with E-state index in [1.165, 1.54) is 6.07 Å². The molecule has 0 heterocycles. The number of hydrogen-bond acceptors (Lipinski definition) is 3. The van der Waals surface area contributed by atoms with Crippen LogP contribution >= 0.6 is 23.2 Å². The third-order valence-electron chi connectivity index (χ3n) is 3.26. The van der Waals surface area contributed by atoms with Gasteiger partial charge in [0, 0.05) is 17.6 Å². The second kappa shape index (κ2) is 5.58. The Balaban J connectivity index is 2.36. The molecule has 1 aromatic carbocycles. The Morgan fingerprint density at radius 1 is 1.42 bits per heavy atom. The molecule has 0 saturated heterocycles. The zero-order valence-electron chi connectivity index (χ0n) is 10.5. The van der Waals surface area contributed by atoms with Crippen LogP contribution in [0.15, 0.2) is 17.0 Å². The first kappa shape index (κ1) is 15.1. The molecule has 1 aromatic rings. The number of nitrogens with two attached hydrogens (primary N) is 1. The first-order chi connectivity index (χ1) is 8.85. The summed E-state index contributed by atoms with van der Waals surface area (Å²) in [5, 5.41) is 0.451. The van der Waals surface area contributed by atoms with Crippen LogP contribution in [0.1, 0.15) is 25.3 Å². The fourth-order valence-electron chi connectivity index (χ4n) is 1.96. The van der Waals surface area contributed by atoms with Crippen molar-refractivity contribution in [3.05, 3.63) is 27.7 Å². The molecule has 1 atom stereocenters. The zero-order valence-corrected chi connectivity index (χ0v) is 12.8. The van der Waals surface area contributed by atoms with E-state index in [0.717, 1.165) is 12.8 Å². The van der Waals surface area contributed by atoms with Gasteiger partial charge in [-0.15, -0.1) is 0 Å². The van der Waals surface area contributed by atoms with E-state index in [1.54, 1.807) is 6.07 Å². The molecule has 1 aliphatic carbocycles. The van der Waals surface area contributed by atoms with Crippen molar-refractivity contribution < 1.29 is 8.42 Å². The number of sulfonamides is 1. The second-order valence-corrected chi connectivity index (χ2v) is 7.33. The fraction of sp³-hybridized carbons (Fsp3) is 0.500. The van der Waals surface area contributed by atoms with E-state index < -0.39 is 10.0 Å². The van der Waals surface area contributed by atoms with E-state index in [2.05, 4.69) is 4.72 Å². The number of nitrogens with one attached hydrogen (secondary N) is 1. The molecule has 0 bridgehead atoms. The molecule has 1 saturated carbocycles. The summed E-state index contributed by atoms with van der Waals surface area (Å²) >= 11 is 12.0. The maximum absolute atomic E-state index is 12.3. The Morgan fingerprint density at radius 2 is 2.05 bits per heavy atom. The summed E-state index contributed by atoms with van der Waals surface area (Å²) in [4.78, 5) is -0.00498. The van der Waals surface area contributed by atoms with Crippen LogP contribution in [0.25, 0.3) is 0 Å². The van der Waals surface area contributed by atoms with Gasteiger partial charge in [0.05, 0.1) is 5.02 Å². The lowest BCUT2D eigenvalue weighted by Gasteiger charge is -2.15. The van der Waals surface area contributed by atoms with Gasteiger partial charge in [-0.05, 0) is 43.4 Å². The molecule has 0 spiro atoms. The molecule has 0 radical (unpaired) electrons. The summed E-state index contributed by atoms with van der Waals surface area (Å²) in [5.74, 6) is 0.418. The van der Waals surface area contributed by atoms with Crippen molar-refractivity contribution in [3.63, 3.8) is 0 Å². The van der Waals surface area contributed by atoms with Crippen LogP contribution in [-0.2, 0) is 16.6 Å². The molecule has 0 aromatic heterocycles. The monoisotopic (exact) mass is 322 g/mol. The zero-order chi connectivity index (χ0) is 14.2. The summed E-state index contributed by atoms with van der Waals surface area (Å²) in [5.41, 5.74) is 6.05. The minimum absolute atomic E-state index is 0.00498. The Morgan fingerprint density at radius 3 is 2.58 bits per heavy atom. The summed E-state index contributed by atoms with van der Waals surface area (Å²) in [6.07, 6.45) is 2.11. The Bertz CT molecular complexity index is 586. The van der Waals surface area contributed by atoms with Crippen LogP contribution in [0.5, 0.6) is 0 Å². The fourth-order valence-corrected chi connectivity index (χ4v) is 4.22. The predicted octanol–water partition coefficient (Wildman–Crippen LogP) is 2.53. The van der Waals surface area contributed by atoms with E-state index >= 15 is 0 Å². The van der Waals surface area contributed by atoms with Gasteiger partial charge in [0.25, 0.3) is 0 Å². The number of hydrogen-bond donors (Lipinski definition) is 2. The van der Waals surface area contributed by atoms with Crippen molar-refractivity contribution in [2.75, 3.05) is 0 Å². The predicted molar refractivity (Wildman–Crippen MR) is 76.9 cm³/mol. The highest BCUT2D eigenvalue weighted by molar-refractivity contribution is 7.89. The molecule has 1 unspecified atom stereocenters. The quantitative estimate of drug-likeness (QED) is 0.874. The van der Waals surface area contributed by atoms with Crippen molar-refractivity contribution in [3.8, 4) is 0 Å². The minimum atomic E-state index is -3.67. The van der Waals surface area contributed by atoms with Gasteiger partial charge in [-0.25, -0.2) is 13.1 Å². The molecule has 19 heavy (non-hydrogen) atoms. The van der Waals surface area contributed by atoms with Gasteiger partial charge in [-0.2, -0.15) is 0 Å². The molecule has 1 fully saturated rings. The standard InChI is InChI=1S/C12H16Cl2N2O2S/c1-7(8-2-3-8)16-19(17,18)11-5-10(13)4-9(6-15)12(11)14/h4-5,7-8,16H,2-3,6,15H2,1H3. The van der Waals surface area contributed by atoms with E-state index in [1.807, 2.05) is 6.92 Å². The number of halogens is 2. The largest absolute Gasteiger partial charge is 0.326 e. The molecule has 3 N–H and O–H groups in total. The molecule has 4 nitrogen and oxygen atoms in total. The van der Waals surface area contributed by atoms with Crippen molar-refractivity contribution in [1.82, 2.24) is 4.72 Å². The van der Waals surface area contributed by atoms with Crippen molar-refractivity contribution in [2.24, 2.45) is 11.7 Å². The Hall–Kier alpha value is -0.330. The van der Waals surface area contributed by atoms with E-state index in [0.29, 0.717) is 16.5 Å². The number of rotatable bonds is 5. The van der Waals surface area contributed by atoms with Gasteiger partial charge >= 0.3 is 0 Å². The Labute approximate surface area is 123 Å². The summed E-state index contributed by atoms with van der Waals surface area (Å²) in [7, 11) is -3.67. The molecular weight excluding hydrogens is 307 g/mol. The molecule has 106 valence electrons. The van der Waals surface area contributed by atoms with E-state index in [4.69, 9.17) is 28.9 Å². The summed E-state index contributed by atoms with van der Waals surface area (Å²) in [6.45, 7) is 2.00. The molecular formula is C12H16Cl2N2O2S. The van der Waals surface area contributed by atoms with Gasteiger partial charge in [0.2, 0.25) is 10.0 Å². The number of benzene rings is 1. The molecule has 1 aliphatic rings. The Kier molecular flexibility index (Phi) is 4.42. The first-order valence-electron chi connectivity index (χ1n) is 6.05. The third-order valence-corrected chi connectivity index (χ3v) is 5.62. The summed E-state index contributed by atoms with van der Waals surface area (Å²) < 4.78 is 27.3. The lowest BCUT2D eigenvalue weighted by Crippen LogP contribution is -2.34. The maximum Gasteiger partial charge on any atom is 0.242 e. The average molecular weight is 323 g/mol. The first-order valence-corrected chi connectivity index (χ1v) is 8.29. The van der Waals surface area contributed by atoms with Crippen molar-refractivity contribution in [1.29, 1.82) is 0 Å². The topological polar surface area (TPSA) is 72.2 Å². The van der Waals surface area contributed by atoms with Crippen molar-refractivity contribution in [2.45, 2.75) is 37.2 Å². The minimum Gasteiger partial charge on any atom is -0.326 e. The molecule has 0 aliphatic heterocycles. The lowest BCUT2D eigenvalue weighted by molar-refractivity contribution is 0.538. The average Bonchev–Trinajstić information content (AvgIpc) is 3.14. The second-order valence-electron chi connectivity index (χ2n) is 4.83. The van der Waals surface area contributed by atoms with E-state index in [-0.39, 0.29) is 22.5 Å². The normalized spacial score (nSPS) is 17.5. The van der Waals surface area contributed by atoms with Crippen molar-refractivity contribution >= 4 is 33.2 Å². The van der Waals surface area contributed by atoms with Gasteiger partial charge in [0.15, 0.2) is 0 Å². The van der Waals surface area contributed by atoms with E-state index in [9.17, 15) is 8.42 Å². The molecule has 0 amide bonds. The van der Waals surface area contributed by atoms with Crippen LogP contribution in [0.3, 0.4) is 0 Å². The molecule has 7 heteroatoms. The smallest absolute Gasteiger partial charge is 0.242 e. The van der Waals surface area contributed by atoms with Crippen LogP contribution in [-0.4, -0.2) is 14.5 Å². The summed E-state index contributed by atoms with van der Waals surface area (Å²) in [6, 6.07) is 2.83. The van der Waals surface area contributed by atoms with Crippen LogP contribution in [0.2, 0.25) is 10.0 Å². The third kappa shape index (κ3) is 3.41. The van der Waals surface area contributed by atoms with Crippen LogP contribution in [0, 0.1) is 5.92 Å². The van der Waals surface area contributed by atoms with Gasteiger partial charge < -0.3 is 5.73 Å².